The number of hydrogen-bond donors (Lipinski definition) is 2. The third-order valence-corrected chi connectivity index (χ3v) is 5.18. The van der Waals surface area contributed by atoms with E-state index in [0.29, 0.717) is 5.56 Å². The number of aryl methyl sites for hydroxylation is 1. The summed E-state index contributed by atoms with van der Waals surface area (Å²) in [6, 6.07) is 4.40. The van der Waals surface area contributed by atoms with Crippen molar-refractivity contribution in [3.8, 4) is 5.75 Å². The standard InChI is InChI=1S/C9H20NO.C7H8O4S/c1-10(2,3)8-4-6-9(11)7-5-8;1-5-2-3-6(8)4-7(5)12(9,10)11/h8-9,11H,4-7H2,1-3H3;2-4,8H,1H3,(H,9,10,11)/q+1;/p-1. The predicted molar refractivity (Wildman–Crippen MR) is 87.1 cm³/mol. The zero-order valence-corrected chi connectivity index (χ0v) is 15.0. The molecule has 0 spiro atoms. The molecule has 1 aromatic carbocycles. The summed E-state index contributed by atoms with van der Waals surface area (Å²) in [6.07, 6.45) is 4.35. The van der Waals surface area contributed by atoms with Gasteiger partial charge in [0.1, 0.15) is 15.9 Å². The first-order valence-corrected chi connectivity index (χ1v) is 9.07. The number of aliphatic hydroxyl groups excluding tert-OH is 1. The highest BCUT2D eigenvalue weighted by molar-refractivity contribution is 7.85. The Morgan fingerprint density at radius 1 is 1.13 bits per heavy atom. The van der Waals surface area contributed by atoms with Crippen molar-refractivity contribution in [1.29, 1.82) is 0 Å². The number of phenols is 1. The van der Waals surface area contributed by atoms with E-state index in [4.69, 9.17) is 5.11 Å². The molecule has 0 radical (unpaired) electrons. The number of quaternary nitrogens is 1. The second kappa shape index (κ2) is 7.61. The molecule has 1 aromatic rings. The van der Waals surface area contributed by atoms with Crippen molar-refractivity contribution in [2.24, 2.45) is 0 Å². The molecule has 0 unspecified atom stereocenters. The molecule has 1 fully saturated rings. The van der Waals surface area contributed by atoms with Crippen LogP contribution in [0.1, 0.15) is 31.2 Å². The van der Waals surface area contributed by atoms with Crippen molar-refractivity contribution in [1.82, 2.24) is 0 Å². The van der Waals surface area contributed by atoms with E-state index >= 15 is 0 Å². The molecule has 1 saturated carbocycles. The van der Waals surface area contributed by atoms with Gasteiger partial charge in [0.15, 0.2) is 0 Å². The van der Waals surface area contributed by atoms with E-state index < -0.39 is 10.1 Å². The van der Waals surface area contributed by atoms with Crippen LogP contribution < -0.4 is 0 Å². The fraction of sp³-hybridized carbons (Fsp3) is 0.625. The van der Waals surface area contributed by atoms with Gasteiger partial charge in [-0.15, -0.1) is 0 Å². The van der Waals surface area contributed by atoms with Gasteiger partial charge < -0.3 is 19.2 Å². The van der Waals surface area contributed by atoms with Gasteiger partial charge in [0.25, 0.3) is 0 Å². The largest absolute Gasteiger partial charge is 0.744 e. The van der Waals surface area contributed by atoms with Crippen LogP contribution in [0, 0.1) is 6.92 Å². The minimum atomic E-state index is -4.47. The van der Waals surface area contributed by atoms with Crippen molar-refractivity contribution < 1.29 is 27.7 Å². The lowest BCUT2D eigenvalue weighted by atomic mass is 9.91. The lowest BCUT2D eigenvalue weighted by Gasteiger charge is -2.37. The highest BCUT2D eigenvalue weighted by Gasteiger charge is 2.28. The van der Waals surface area contributed by atoms with Crippen LogP contribution in [0.5, 0.6) is 5.75 Å². The molecule has 0 saturated heterocycles. The lowest BCUT2D eigenvalue weighted by Crippen LogP contribution is -2.47. The van der Waals surface area contributed by atoms with Crippen LogP contribution in [0.3, 0.4) is 0 Å². The molecule has 2 N–H and O–H groups in total. The Bertz CT molecular complexity index is 614. The molecule has 132 valence electrons. The molecule has 1 aliphatic carbocycles. The molecule has 23 heavy (non-hydrogen) atoms. The number of rotatable bonds is 2. The molecule has 0 aliphatic heterocycles. The maximum Gasteiger partial charge on any atom is 0.124 e. The van der Waals surface area contributed by atoms with E-state index in [1.54, 1.807) is 0 Å². The summed E-state index contributed by atoms with van der Waals surface area (Å²) in [4.78, 5) is -0.373. The third kappa shape index (κ3) is 6.47. The summed E-state index contributed by atoms with van der Waals surface area (Å²) in [5, 5.41) is 18.2. The van der Waals surface area contributed by atoms with Gasteiger partial charge >= 0.3 is 0 Å². The first kappa shape index (κ1) is 19.9. The third-order valence-electron chi connectivity index (χ3n) is 4.20. The predicted octanol–water partition coefficient (Wildman–Crippen LogP) is 1.60. The second-order valence-electron chi connectivity index (χ2n) is 6.98. The van der Waals surface area contributed by atoms with Gasteiger partial charge in [0, 0.05) is 12.8 Å². The van der Waals surface area contributed by atoms with Gasteiger partial charge in [-0.25, -0.2) is 8.42 Å². The van der Waals surface area contributed by atoms with E-state index in [1.165, 1.54) is 31.9 Å². The van der Waals surface area contributed by atoms with E-state index in [-0.39, 0.29) is 16.7 Å². The monoisotopic (exact) mass is 345 g/mol. The molecule has 0 bridgehead atoms. The zero-order chi connectivity index (χ0) is 17.8. The van der Waals surface area contributed by atoms with Gasteiger partial charge in [0.05, 0.1) is 38.2 Å². The van der Waals surface area contributed by atoms with Crippen molar-refractivity contribution in [3.63, 3.8) is 0 Å². The summed E-state index contributed by atoms with van der Waals surface area (Å²) in [7, 11) is 2.25. The minimum Gasteiger partial charge on any atom is -0.744 e. The summed E-state index contributed by atoms with van der Waals surface area (Å²) in [5.41, 5.74) is 0.336. The minimum absolute atomic E-state index is 0.0159. The first-order valence-electron chi connectivity index (χ1n) is 7.66. The zero-order valence-electron chi connectivity index (χ0n) is 14.2. The normalized spacial score (nSPS) is 22.2. The van der Waals surface area contributed by atoms with Crippen molar-refractivity contribution in [2.45, 2.75) is 49.6 Å². The first-order chi connectivity index (χ1) is 10.4. The Labute approximate surface area is 138 Å². The van der Waals surface area contributed by atoms with Crippen LogP contribution in [0.4, 0.5) is 0 Å². The number of phenolic OH excluding ortho intramolecular Hbond substituents is 1. The number of aliphatic hydroxyl groups is 1. The molecule has 0 heterocycles. The highest BCUT2D eigenvalue weighted by atomic mass is 32.2. The summed E-state index contributed by atoms with van der Waals surface area (Å²) in [5.74, 6) is -0.227. The van der Waals surface area contributed by atoms with Crippen LogP contribution in [0.15, 0.2) is 23.1 Å². The van der Waals surface area contributed by atoms with Crippen molar-refractivity contribution in [2.75, 3.05) is 21.1 Å². The Kier molecular flexibility index (Phi) is 6.59. The maximum atomic E-state index is 10.5. The van der Waals surface area contributed by atoms with Crippen LogP contribution in [-0.4, -0.2) is 61.0 Å². The highest BCUT2D eigenvalue weighted by Crippen LogP contribution is 2.24. The van der Waals surface area contributed by atoms with Crippen LogP contribution in [0.2, 0.25) is 0 Å². The molecule has 1 aliphatic rings. The van der Waals surface area contributed by atoms with Crippen LogP contribution >= 0.6 is 0 Å². The number of benzene rings is 1. The average Bonchev–Trinajstić information content (AvgIpc) is 2.40. The summed E-state index contributed by atoms with van der Waals surface area (Å²) >= 11 is 0. The van der Waals surface area contributed by atoms with Gasteiger partial charge in [0.2, 0.25) is 0 Å². The molecule has 0 atom stereocenters. The molecular formula is C16H27NO5S. The van der Waals surface area contributed by atoms with Crippen molar-refractivity contribution in [3.05, 3.63) is 23.8 Å². The summed E-state index contributed by atoms with van der Waals surface area (Å²) in [6.45, 7) is 1.49. The molecule has 2 rings (SSSR count). The van der Waals surface area contributed by atoms with E-state index in [9.17, 15) is 18.1 Å². The SMILES string of the molecule is C[N+](C)(C)C1CCC(O)CC1.Cc1ccc(O)cc1S(=O)(=O)[O-]. The van der Waals surface area contributed by atoms with Gasteiger partial charge in [-0.3, -0.25) is 0 Å². The smallest absolute Gasteiger partial charge is 0.124 e. The Balaban J connectivity index is 0.000000231. The van der Waals surface area contributed by atoms with Gasteiger partial charge in [-0.1, -0.05) is 6.07 Å². The Morgan fingerprint density at radius 3 is 2.04 bits per heavy atom. The molecule has 0 aromatic heterocycles. The molecule has 6 nitrogen and oxygen atoms in total. The van der Waals surface area contributed by atoms with Gasteiger partial charge in [-0.2, -0.15) is 0 Å². The number of nitrogens with zero attached hydrogens (tertiary/aromatic N) is 1. The average molecular weight is 345 g/mol. The van der Waals surface area contributed by atoms with E-state index in [0.717, 1.165) is 29.4 Å². The van der Waals surface area contributed by atoms with Crippen LogP contribution in [0.25, 0.3) is 0 Å². The van der Waals surface area contributed by atoms with Crippen molar-refractivity contribution >= 4 is 10.1 Å². The molecule has 0 amide bonds. The van der Waals surface area contributed by atoms with Crippen LogP contribution in [-0.2, 0) is 10.1 Å². The Hall–Kier alpha value is -1.15. The lowest BCUT2D eigenvalue weighted by molar-refractivity contribution is -0.897. The van der Waals surface area contributed by atoms with Gasteiger partial charge in [-0.05, 0) is 37.5 Å². The van der Waals surface area contributed by atoms with E-state index in [1.807, 2.05) is 0 Å². The number of hydrogen-bond acceptors (Lipinski definition) is 5. The molecule has 7 heteroatoms. The topological polar surface area (TPSA) is 97.7 Å². The summed E-state index contributed by atoms with van der Waals surface area (Å²) < 4.78 is 32.7. The quantitative estimate of drug-likeness (QED) is 0.627. The van der Waals surface area contributed by atoms with E-state index in [2.05, 4.69) is 21.1 Å². The fourth-order valence-corrected chi connectivity index (χ4v) is 3.42. The maximum absolute atomic E-state index is 10.5. The second-order valence-corrected chi connectivity index (χ2v) is 8.33. The Morgan fingerprint density at radius 2 is 1.65 bits per heavy atom. The fourth-order valence-electron chi connectivity index (χ4n) is 2.69. The number of aromatic hydroxyl groups is 1. The molecular weight excluding hydrogens is 318 g/mol.